The number of carbonyl (C=O) groups is 1. The second-order valence-electron chi connectivity index (χ2n) is 9.05. The van der Waals surface area contributed by atoms with Crippen molar-refractivity contribution in [2.75, 3.05) is 6.54 Å². The number of hydrogen-bond acceptors (Lipinski definition) is 3. The Hall–Kier alpha value is -3.21. The Morgan fingerprint density at radius 2 is 1.81 bits per heavy atom. The van der Waals surface area contributed by atoms with Gasteiger partial charge in [-0.15, -0.1) is 0 Å². The van der Waals surface area contributed by atoms with Crippen LogP contribution in [0.25, 0.3) is 5.70 Å². The van der Waals surface area contributed by atoms with Crippen LogP contribution >= 0.6 is 12.2 Å². The van der Waals surface area contributed by atoms with Gasteiger partial charge in [-0.05, 0) is 69.2 Å². The zero-order chi connectivity index (χ0) is 26.6. The van der Waals surface area contributed by atoms with Gasteiger partial charge in [-0.25, -0.2) is 0 Å². The fraction of sp³-hybridized carbons (Fsp3) is 0.360. The molecule has 5 nitrogen and oxygen atoms in total. The lowest BCUT2D eigenvalue weighted by atomic mass is 9.88. The van der Waals surface area contributed by atoms with Gasteiger partial charge in [-0.2, -0.15) is 22.0 Å². The highest BCUT2D eigenvalue weighted by Gasteiger charge is 2.60. The van der Waals surface area contributed by atoms with E-state index >= 15 is 0 Å². The van der Waals surface area contributed by atoms with Crippen LogP contribution in [-0.4, -0.2) is 34.2 Å². The highest BCUT2D eigenvalue weighted by atomic mass is 32.1. The van der Waals surface area contributed by atoms with Crippen LogP contribution in [0, 0.1) is 6.92 Å². The van der Waals surface area contributed by atoms with Gasteiger partial charge in [0.25, 0.3) is 5.91 Å². The van der Waals surface area contributed by atoms with E-state index in [1.54, 1.807) is 38.1 Å². The SMILES string of the molecule is CCNC(=S)NC1=C(N2Cc3ccccc3C2=O)c2c(ccc(C(F)(F)C(F)(F)F)c2C)OC1(C)C. The molecule has 2 aliphatic rings. The van der Waals surface area contributed by atoms with Crippen molar-refractivity contribution < 1.29 is 31.5 Å². The molecule has 0 atom stereocenters. The second kappa shape index (κ2) is 8.72. The van der Waals surface area contributed by atoms with E-state index in [2.05, 4.69) is 10.6 Å². The molecule has 1 amide bonds. The van der Waals surface area contributed by atoms with Crippen molar-refractivity contribution in [3.05, 3.63) is 69.9 Å². The number of thiocarbonyl (C=S) groups is 1. The van der Waals surface area contributed by atoms with E-state index in [0.29, 0.717) is 17.7 Å². The lowest BCUT2D eigenvalue weighted by Crippen LogP contribution is -2.48. The van der Waals surface area contributed by atoms with Crippen LogP contribution in [0.4, 0.5) is 22.0 Å². The molecule has 36 heavy (non-hydrogen) atoms. The number of alkyl halides is 5. The number of nitrogens with zero attached hydrogens (tertiary/aromatic N) is 1. The Kier molecular flexibility index (Phi) is 6.27. The summed E-state index contributed by atoms with van der Waals surface area (Å²) in [6.07, 6.45) is -5.81. The van der Waals surface area contributed by atoms with Crippen LogP contribution in [-0.2, 0) is 12.5 Å². The fourth-order valence-corrected chi connectivity index (χ4v) is 4.77. The number of hydrogen-bond donors (Lipinski definition) is 2. The van der Waals surface area contributed by atoms with Gasteiger partial charge in [0.15, 0.2) is 5.11 Å². The largest absolute Gasteiger partial charge is 0.481 e. The lowest BCUT2D eigenvalue weighted by molar-refractivity contribution is -0.289. The van der Waals surface area contributed by atoms with Crippen molar-refractivity contribution in [1.82, 2.24) is 15.5 Å². The molecule has 2 aliphatic heterocycles. The smallest absolute Gasteiger partial charge is 0.458 e. The average molecular weight is 526 g/mol. The van der Waals surface area contributed by atoms with E-state index < -0.39 is 29.2 Å². The predicted octanol–water partition coefficient (Wildman–Crippen LogP) is 5.63. The number of ether oxygens (including phenoxy) is 1. The summed E-state index contributed by atoms with van der Waals surface area (Å²) in [5.74, 6) is -5.45. The summed E-state index contributed by atoms with van der Waals surface area (Å²) in [5, 5.41) is 6.12. The standard InChI is InChI=1S/C25H24F5N3O2S/c1-5-31-22(36)32-20-19(33-12-14-8-6-7-9-15(14)21(33)34)18-13(2)16(24(26,27)25(28,29)30)10-11-17(18)35-23(20,3)4/h6-11H,5,12H2,1-4H3,(H2,31,32,36). The summed E-state index contributed by atoms with van der Waals surface area (Å²) in [6, 6.07) is 8.67. The Labute approximate surface area is 210 Å². The van der Waals surface area contributed by atoms with E-state index in [1.807, 2.05) is 6.92 Å². The summed E-state index contributed by atoms with van der Waals surface area (Å²) in [6.45, 7) is 6.93. The maximum atomic E-state index is 14.5. The van der Waals surface area contributed by atoms with Crippen molar-refractivity contribution in [3.8, 4) is 5.75 Å². The molecule has 0 unspecified atom stereocenters. The number of carbonyl (C=O) groups excluding carboxylic acids is 1. The highest BCUT2D eigenvalue weighted by molar-refractivity contribution is 7.80. The third kappa shape index (κ3) is 4.08. The number of nitrogens with one attached hydrogen (secondary N) is 2. The first-order valence-corrected chi connectivity index (χ1v) is 11.6. The predicted molar refractivity (Wildman–Crippen MR) is 128 cm³/mol. The molecule has 2 N–H and O–H groups in total. The first-order chi connectivity index (χ1) is 16.7. The molecule has 2 aromatic carbocycles. The van der Waals surface area contributed by atoms with Crippen molar-refractivity contribution in [1.29, 1.82) is 0 Å². The monoisotopic (exact) mass is 525 g/mol. The van der Waals surface area contributed by atoms with E-state index in [4.69, 9.17) is 17.0 Å². The molecule has 0 aliphatic carbocycles. The third-order valence-corrected chi connectivity index (χ3v) is 6.48. The number of amides is 1. The fourth-order valence-electron chi connectivity index (χ4n) is 4.53. The minimum atomic E-state index is -5.81. The number of rotatable bonds is 4. The van der Waals surface area contributed by atoms with Gasteiger partial charge in [-0.1, -0.05) is 18.2 Å². The summed E-state index contributed by atoms with van der Waals surface area (Å²) >= 11 is 5.34. The van der Waals surface area contributed by atoms with Gasteiger partial charge in [0, 0.05) is 23.2 Å². The molecule has 2 aromatic rings. The van der Waals surface area contributed by atoms with Crippen molar-refractivity contribution >= 4 is 28.9 Å². The molecule has 0 fully saturated rings. The number of halogens is 5. The summed E-state index contributed by atoms with van der Waals surface area (Å²) in [5.41, 5.74) is -1.22. The van der Waals surface area contributed by atoms with Crippen molar-refractivity contribution in [3.63, 3.8) is 0 Å². The Balaban J connectivity index is 2.01. The van der Waals surface area contributed by atoms with E-state index in [9.17, 15) is 26.7 Å². The maximum absolute atomic E-state index is 14.5. The molecule has 0 saturated heterocycles. The molecule has 11 heteroatoms. The molecule has 4 rings (SSSR count). The van der Waals surface area contributed by atoms with E-state index in [0.717, 1.165) is 12.1 Å². The Morgan fingerprint density at radius 1 is 1.14 bits per heavy atom. The maximum Gasteiger partial charge on any atom is 0.458 e. The molecule has 192 valence electrons. The van der Waals surface area contributed by atoms with Gasteiger partial charge in [-0.3, -0.25) is 4.79 Å². The van der Waals surface area contributed by atoms with E-state index in [1.165, 1.54) is 11.8 Å². The van der Waals surface area contributed by atoms with Gasteiger partial charge < -0.3 is 20.3 Å². The average Bonchev–Trinajstić information content (AvgIpc) is 3.10. The van der Waals surface area contributed by atoms with Crippen LogP contribution in [0.15, 0.2) is 42.1 Å². The molecule has 2 heterocycles. The van der Waals surface area contributed by atoms with E-state index in [-0.39, 0.29) is 39.9 Å². The quantitative estimate of drug-likeness (QED) is 0.401. The summed E-state index contributed by atoms with van der Waals surface area (Å²) in [7, 11) is 0. The molecular weight excluding hydrogens is 501 g/mol. The van der Waals surface area contributed by atoms with Crippen LogP contribution < -0.4 is 15.4 Å². The minimum Gasteiger partial charge on any atom is -0.481 e. The number of fused-ring (bicyclic) bond motifs is 2. The van der Waals surface area contributed by atoms with Crippen molar-refractivity contribution in [2.24, 2.45) is 0 Å². The van der Waals surface area contributed by atoms with Crippen LogP contribution in [0.3, 0.4) is 0 Å². The van der Waals surface area contributed by atoms with Crippen LogP contribution in [0.2, 0.25) is 0 Å². The van der Waals surface area contributed by atoms with Crippen LogP contribution in [0.5, 0.6) is 5.75 Å². The zero-order valence-corrected chi connectivity index (χ0v) is 20.8. The van der Waals surface area contributed by atoms with Crippen LogP contribution in [0.1, 0.15) is 53.4 Å². The Bertz CT molecular complexity index is 1290. The topological polar surface area (TPSA) is 53.6 Å². The summed E-state index contributed by atoms with van der Waals surface area (Å²) in [4.78, 5) is 14.8. The molecule has 0 spiro atoms. The van der Waals surface area contributed by atoms with Gasteiger partial charge in [0.2, 0.25) is 0 Å². The normalized spacial score (nSPS) is 16.9. The van der Waals surface area contributed by atoms with Gasteiger partial charge in [0.05, 0.1) is 17.9 Å². The molecule has 0 radical (unpaired) electrons. The first kappa shape index (κ1) is 25.9. The molecule has 0 saturated carbocycles. The lowest BCUT2D eigenvalue weighted by Gasteiger charge is -2.41. The van der Waals surface area contributed by atoms with Crippen molar-refractivity contribution in [2.45, 2.75) is 51.9 Å². The molecule has 0 bridgehead atoms. The Morgan fingerprint density at radius 3 is 2.42 bits per heavy atom. The summed E-state index contributed by atoms with van der Waals surface area (Å²) < 4.78 is 75.2. The highest BCUT2D eigenvalue weighted by Crippen LogP contribution is 2.51. The molecule has 0 aromatic heterocycles. The van der Waals surface area contributed by atoms with Gasteiger partial charge >= 0.3 is 12.1 Å². The zero-order valence-electron chi connectivity index (χ0n) is 19.9. The minimum absolute atomic E-state index is 0.0290. The first-order valence-electron chi connectivity index (χ1n) is 11.2. The van der Waals surface area contributed by atoms with Gasteiger partial charge in [0.1, 0.15) is 11.4 Å². The molecular formula is C25H24F5N3O2S. The third-order valence-electron chi connectivity index (χ3n) is 6.23. The number of benzene rings is 2. The second-order valence-corrected chi connectivity index (χ2v) is 9.46.